The molecule has 100 valence electrons. The Labute approximate surface area is 107 Å². The van der Waals surface area contributed by atoms with Gasteiger partial charge in [0.1, 0.15) is 0 Å². The van der Waals surface area contributed by atoms with Crippen molar-refractivity contribution in [3.8, 4) is 0 Å². The molecular formula is C15H30N2. The maximum absolute atomic E-state index is 3.83. The molecule has 2 rings (SSSR count). The van der Waals surface area contributed by atoms with Gasteiger partial charge >= 0.3 is 0 Å². The van der Waals surface area contributed by atoms with Gasteiger partial charge in [0.05, 0.1) is 0 Å². The molecule has 1 unspecified atom stereocenters. The van der Waals surface area contributed by atoms with Gasteiger partial charge in [0.25, 0.3) is 0 Å². The lowest BCUT2D eigenvalue weighted by Crippen LogP contribution is -2.47. The number of hydrogen-bond donors (Lipinski definition) is 1. The topological polar surface area (TPSA) is 15.3 Å². The van der Waals surface area contributed by atoms with E-state index < -0.39 is 0 Å². The van der Waals surface area contributed by atoms with E-state index in [1.165, 1.54) is 58.3 Å². The zero-order valence-electron chi connectivity index (χ0n) is 12.0. The second-order valence-electron chi connectivity index (χ2n) is 6.42. The highest BCUT2D eigenvalue weighted by molar-refractivity contribution is 4.97. The fourth-order valence-electron chi connectivity index (χ4n) is 3.75. The van der Waals surface area contributed by atoms with Gasteiger partial charge in [-0.05, 0) is 70.1 Å². The van der Waals surface area contributed by atoms with E-state index in [2.05, 4.69) is 31.0 Å². The molecule has 17 heavy (non-hydrogen) atoms. The van der Waals surface area contributed by atoms with Crippen molar-refractivity contribution in [1.29, 1.82) is 0 Å². The third-order valence-corrected chi connectivity index (χ3v) is 5.19. The molecule has 0 aromatic heterocycles. The van der Waals surface area contributed by atoms with Crippen LogP contribution in [0.4, 0.5) is 0 Å². The molecule has 0 radical (unpaired) electrons. The van der Waals surface area contributed by atoms with Crippen LogP contribution in [0.5, 0.6) is 0 Å². The molecule has 0 spiro atoms. The highest BCUT2D eigenvalue weighted by Crippen LogP contribution is 2.36. The van der Waals surface area contributed by atoms with Gasteiger partial charge < -0.3 is 10.2 Å². The Morgan fingerprint density at radius 3 is 2.47 bits per heavy atom. The quantitative estimate of drug-likeness (QED) is 0.810. The molecule has 0 amide bonds. The van der Waals surface area contributed by atoms with Crippen LogP contribution in [0.2, 0.25) is 0 Å². The van der Waals surface area contributed by atoms with Gasteiger partial charge in [-0.2, -0.15) is 0 Å². The molecule has 2 aliphatic heterocycles. The summed E-state index contributed by atoms with van der Waals surface area (Å²) in [5.41, 5.74) is 0.471. The smallest absolute Gasteiger partial charge is 0.0207 e. The lowest BCUT2D eigenvalue weighted by atomic mass is 9.75. The summed E-state index contributed by atoms with van der Waals surface area (Å²) in [4.78, 5) is 2.60. The van der Waals surface area contributed by atoms with Crippen molar-refractivity contribution in [2.24, 2.45) is 11.8 Å². The number of nitrogens with one attached hydrogen (secondary N) is 1. The Morgan fingerprint density at radius 1 is 1.29 bits per heavy atom. The van der Waals surface area contributed by atoms with Gasteiger partial charge in [0.2, 0.25) is 0 Å². The minimum atomic E-state index is 0.471. The van der Waals surface area contributed by atoms with Crippen molar-refractivity contribution in [2.75, 3.05) is 26.2 Å². The molecule has 1 N–H and O–H groups in total. The van der Waals surface area contributed by atoms with E-state index in [-0.39, 0.29) is 0 Å². The van der Waals surface area contributed by atoms with Crippen molar-refractivity contribution >= 4 is 0 Å². The van der Waals surface area contributed by atoms with Crippen LogP contribution < -0.4 is 5.32 Å². The maximum Gasteiger partial charge on any atom is 0.0207 e. The van der Waals surface area contributed by atoms with Crippen LogP contribution in [0.1, 0.15) is 52.9 Å². The van der Waals surface area contributed by atoms with Crippen LogP contribution in [0.3, 0.4) is 0 Å². The highest BCUT2D eigenvalue weighted by atomic mass is 15.1. The molecule has 2 nitrogen and oxygen atoms in total. The van der Waals surface area contributed by atoms with Crippen LogP contribution in [0.15, 0.2) is 0 Å². The molecule has 1 atom stereocenters. The molecule has 0 saturated carbocycles. The first kappa shape index (κ1) is 13.4. The first-order chi connectivity index (χ1) is 8.16. The van der Waals surface area contributed by atoms with Crippen LogP contribution in [0, 0.1) is 11.8 Å². The van der Waals surface area contributed by atoms with E-state index in [0.29, 0.717) is 5.54 Å². The zero-order valence-corrected chi connectivity index (χ0v) is 12.0. The highest BCUT2D eigenvalue weighted by Gasteiger charge is 2.38. The van der Waals surface area contributed by atoms with Gasteiger partial charge in [-0.15, -0.1) is 0 Å². The van der Waals surface area contributed by atoms with Gasteiger partial charge in [-0.1, -0.05) is 20.8 Å². The van der Waals surface area contributed by atoms with Crippen molar-refractivity contribution in [2.45, 2.75) is 58.4 Å². The summed E-state index contributed by atoms with van der Waals surface area (Å²) in [7, 11) is 0. The summed E-state index contributed by atoms with van der Waals surface area (Å²) in [6.07, 6.45) is 7.04. The van der Waals surface area contributed by atoms with E-state index in [1.807, 2.05) is 0 Å². The minimum Gasteiger partial charge on any atom is -0.311 e. The molecule has 2 fully saturated rings. The second-order valence-corrected chi connectivity index (χ2v) is 6.42. The van der Waals surface area contributed by atoms with E-state index in [0.717, 1.165) is 11.8 Å². The number of hydrogen-bond acceptors (Lipinski definition) is 2. The Bertz CT molecular complexity index is 223. The van der Waals surface area contributed by atoms with Crippen molar-refractivity contribution in [1.82, 2.24) is 10.2 Å². The second kappa shape index (κ2) is 5.71. The fourth-order valence-corrected chi connectivity index (χ4v) is 3.75. The molecule has 0 aromatic rings. The molecule has 2 heteroatoms. The lowest BCUT2D eigenvalue weighted by molar-refractivity contribution is 0.139. The largest absolute Gasteiger partial charge is 0.311 e. The standard InChI is InChI=1S/C15H30N2/c1-4-17-10-6-14(7-11-17)12-15(13(2)3)8-5-9-16-15/h13-14,16H,4-12H2,1-3H3. The van der Waals surface area contributed by atoms with Gasteiger partial charge in [0.15, 0.2) is 0 Å². The molecule has 0 aromatic carbocycles. The number of piperidine rings is 1. The average molecular weight is 238 g/mol. The third kappa shape index (κ3) is 3.03. The van der Waals surface area contributed by atoms with E-state index in [4.69, 9.17) is 0 Å². The lowest BCUT2D eigenvalue weighted by Gasteiger charge is -2.40. The predicted molar refractivity (Wildman–Crippen MR) is 74.3 cm³/mol. The summed E-state index contributed by atoms with van der Waals surface area (Å²) in [5, 5.41) is 3.83. The maximum atomic E-state index is 3.83. The summed E-state index contributed by atoms with van der Waals surface area (Å²) in [6.45, 7) is 12.2. The van der Waals surface area contributed by atoms with Crippen LogP contribution in [-0.4, -0.2) is 36.6 Å². The molecular weight excluding hydrogens is 208 g/mol. The van der Waals surface area contributed by atoms with Crippen LogP contribution in [-0.2, 0) is 0 Å². The molecule has 2 aliphatic rings. The normalized spacial score (nSPS) is 32.5. The first-order valence-electron chi connectivity index (χ1n) is 7.63. The van der Waals surface area contributed by atoms with E-state index in [1.54, 1.807) is 0 Å². The minimum absolute atomic E-state index is 0.471. The van der Waals surface area contributed by atoms with Crippen molar-refractivity contribution < 1.29 is 0 Å². The SMILES string of the molecule is CCN1CCC(CC2(C(C)C)CCCN2)CC1. The van der Waals surface area contributed by atoms with Gasteiger partial charge in [-0.3, -0.25) is 0 Å². The molecule has 2 heterocycles. The number of nitrogens with zero attached hydrogens (tertiary/aromatic N) is 1. The van der Waals surface area contributed by atoms with Crippen molar-refractivity contribution in [3.05, 3.63) is 0 Å². The molecule has 2 saturated heterocycles. The van der Waals surface area contributed by atoms with E-state index in [9.17, 15) is 0 Å². The van der Waals surface area contributed by atoms with Crippen LogP contribution in [0.25, 0.3) is 0 Å². The Kier molecular flexibility index (Phi) is 4.48. The first-order valence-corrected chi connectivity index (χ1v) is 7.63. The Balaban J connectivity index is 1.87. The number of likely N-dealkylation sites (tertiary alicyclic amines) is 1. The zero-order chi connectivity index (χ0) is 12.3. The summed E-state index contributed by atoms with van der Waals surface area (Å²) < 4.78 is 0. The average Bonchev–Trinajstić information content (AvgIpc) is 2.80. The van der Waals surface area contributed by atoms with Crippen molar-refractivity contribution in [3.63, 3.8) is 0 Å². The van der Waals surface area contributed by atoms with Gasteiger partial charge in [-0.25, -0.2) is 0 Å². The van der Waals surface area contributed by atoms with E-state index >= 15 is 0 Å². The fraction of sp³-hybridized carbons (Fsp3) is 1.00. The predicted octanol–water partition coefficient (Wildman–Crippen LogP) is 2.89. The number of rotatable bonds is 4. The third-order valence-electron chi connectivity index (χ3n) is 5.19. The summed E-state index contributed by atoms with van der Waals surface area (Å²) in [6, 6.07) is 0. The molecule has 0 aliphatic carbocycles. The van der Waals surface area contributed by atoms with Crippen LogP contribution >= 0.6 is 0 Å². The monoisotopic (exact) mass is 238 g/mol. The Morgan fingerprint density at radius 2 is 2.00 bits per heavy atom. The Hall–Kier alpha value is -0.0800. The summed E-state index contributed by atoms with van der Waals surface area (Å²) >= 11 is 0. The van der Waals surface area contributed by atoms with Gasteiger partial charge in [0, 0.05) is 5.54 Å². The summed E-state index contributed by atoms with van der Waals surface area (Å²) in [5.74, 6) is 1.75. The molecule has 0 bridgehead atoms.